The molecule has 1 atom stereocenters. The van der Waals surface area contributed by atoms with Crippen LogP contribution in [0.5, 0.6) is 0 Å². The molecule has 0 N–H and O–H groups in total. The third kappa shape index (κ3) is 2.11. The molecule has 84 valence electrons. The number of hydrogen-bond donors (Lipinski definition) is 0. The molecule has 0 saturated heterocycles. The van der Waals surface area contributed by atoms with Gasteiger partial charge in [-0.1, -0.05) is 24.3 Å². The first kappa shape index (κ1) is 10.8. The van der Waals surface area contributed by atoms with Crippen molar-refractivity contribution >= 4 is 5.69 Å². The molecule has 0 radical (unpaired) electrons. The van der Waals surface area contributed by atoms with E-state index < -0.39 is 0 Å². The Kier molecular flexibility index (Phi) is 3.00. The third-order valence-electron chi connectivity index (χ3n) is 2.92. The van der Waals surface area contributed by atoms with E-state index in [9.17, 15) is 0 Å². The molecule has 16 heavy (non-hydrogen) atoms. The van der Waals surface area contributed by atoms with Gasteiger partial charge in [0.05, 0.1) is 6.04 Å². The number of allylic oxidation sites excluding steroid dienone is 2. The predicted molar refractivity (Wildman–Crippen MR) is 69.6 cm³/mol. The summed E-state index contributed by atoms with van der Waals surface area (Å²) in [5, 5.41) is 0. The average Bonchev–Trinajstić information content (AvgIpc) is 2.30. The Morgan fingerprint density at radius 3 is 2.31 bits per heavy atom. The van der Waals surface area contributed by atoms with Gasteiger partial charge in [-0.05, 0) is 30.0 Å². The number of anilines is 1. The van der Waals surface area contributed by atoms with Gasteiger partial charge in [0.25, 0.3) is 0 Å². The Hall–Kier alpha value is -1.70. The van der Waals surface area contributed by atoms with Crippen LogP contribution in [0.15, 0.2) is 48.7 Å². The van der Waals surface area contributed by atoms with Gasteiger partial charge < -0.3 is 9.80 Å². The summed E-state index contributed by atoms with van der Waals surface area (Å²) in [5.41, 5.74) is 2.57. The van der Waals surface area contributed by atoms with Crippen molar-refractivity contribution in [2.24, 2.45) is 0 Å². The molecule has 0 aliphatic carbocycles. The van der Waals surface area contributed by atoms with Gasteiger partial charge in [0.15, 0.2) is 0 Å². The van der Waals surface area contributed by atoms with Crippen LogP contribution in [-0.4, -0.2) is 26.0 Å². The minimum Gasteiger partial charge on any atom is -0.378 e. The molecule has 1 aliphatic heterocycles. The van der Waals surface area contributed by atoms with Crippen LogP contribution in [0.25, 0.3) is 0 Å². The fraction of sp³-hybridized carbons (Fsp3) is 0.286. The zero-order chi connectivity index (χ0) is 11.5. The van der Waals surface area contributed by atoms with E-state index in [0.717, 1.165) is 0 Å². The largest absolute Gasteiger partial charge is 0.378 e. The average molecular weight is 214 g/mol. The van der Waals surface area contributed by atoms with Crippen LogP contribution in [0, 0.1) is 0 Å². The summed E-state index contributed by atoms with van der Waals surface area (Å²) in [6, 6.07) is 9.08. The molecule has 0 fully saturated rings. The van der Waals surface area contributed by atoms with Crippen LogP contribution >= 0.6 is 0 Å². The quantitative estimate of drug-likeness (QED) is 0.747. The molecule has 0 amide bonds. The molecule has 0 aromatic heterocycles. The monoisotopic (exact) mass is 214 g/mol. The molecule has 1 aromatic rings. The van der Waals surface area contributed by atoms with Crippen LogP contribution < -0.4 is 4.90 Å². The van der Waals surface area contributed by atoms with Gasteiger partial charge in [0.2, 0.25) is 0 Å². The lowest BCUT2D eigenvalue weighted by Crippen LogP contribution is -2.18. The van der Waals surface area contributed by atoms with E-state index in [0.29, 0.717) is 6.04 Å². The maximum absolute atomic E-state index is 2.21. The zero-order valence-corrected chi connectivity index (χ0v) is 10.1. The maximum Gasteiger partial charge on any atom is 0.0720 e. The molecule has 1 heterocycles. The molecule has 1 aromatic carbocycles. The zero-order valence-electron chi connectivity index (χ0n) is 10.1. The van der Waals surface area contributed by atoms with Crippen molar-refractivity contribution < 1.29 is 0 Å². The molecule has 0 bridgehead atoms. The highest BCUT2D eigenvalue weighted by Gasteiger charge is 2.12. The Morgan fingerprint density at radius 2 is 1.75 bits per heavy atom. The summed E-state index contributed by atoms with van der Waals surface area (Å²) < 4.78 is 0. The van der Waals surface area contributed by atoms with Crippen molar-refractivity contribution in [1.82, 2.24) is 4.90 Å². The summed E-state index contributed by atoms with van der Waals surface area (Å²) in [5.74, 6) is 0. The second-order valence-corrected chi connectivity index (χ2v) is 4.32. The highest BCUT2D eigenvalue weighted by atomic mass is 15.1. The van der Waals surface area contributed by atoms with Gasteiger partial charge in [-0.25, -0.2) is 0 Å². The molecule has 2 heteroatoms. The van der Waals surface area contributed by atoms with Crippen molar-refractivity contribution in [3.63, 3.8) is 0 Å². The summed E-state index contributed by atoms with van der Waals surface area (Å²) >= 11 is 0. The van der Waals surface area contributed by atoms with E-state index in [1.807, 2.05) is 0 Å². The minimum absolute atomic E-state index is 0.362. The van der Waals surface area contributed by atoms with Crippen molar-refractivity contribution in [3.8, 4) is 0 Å². The number of benzene rings is 1. The molecular formula is C14H18N2. The Balaban J connectivity index is 2.21. The molecule has 0 saturated carbocycles. The summed E-state index contributed by atoms with van der Waals surface area (Å²) in [7, 11) is 6.22. The minimum atomic E-state index is 0.362. The second kappa shape index (κ2) is 4.44. The van der Waals surface area contributed by atoms with Crippen LogP contribution in [0.2, 0.25) is 0 Å². The van der Waals surface area contributed by atoms with Gasteiger partial charge in [0.1, 0.15) is 0 Å². The topological polar surface area (TPSA) is 6.48 Å². The molecule has 1 aliphatic rings. The van der Waals surface area contributed by atoms with Crippen LogP contribution in [-0.2, 0) is 0 Å². The van der Waals surface area contributed by atoms with Crippen molar-refractivity contribution in [3.05, 3.63) is 54.3 Å². The first-order chi connectivity index (χ1) is 7.68. The van der Waals surface area contributed by atoms with Crippen molar-refractivity contribution in [2.45, 2.75) is 6.04 Å². The summed E-state index contributed by atoms with van der Waals surface area (Å²) in [4.78, 5) is 4.33. The smallest absolute Gasteiger partial charge is 0.0720 e. The van der Waals surface area contributed by atoms with Crippen molar-refractivity contribution in [2.75, 3.05) is 26.0 Å². The van der Waals surface area contributed by atoms with E-state index >= 15 is 0 Å². The van der Waals surface area contributed by atoms with Crippen molar-refractivity contribution in [1.29, 1.82) is 0 Å². The molecule has 1 unspecified atom stereocenters. The second-order valence-electron chi connectivity index (χ2n) is 4.32. The van der Waals surface area contributed by atoms with Crippen LogP contribution in [0.4, 0.5) is 5.69 Å². The first-order valence-corrected chi connectivity index (χ1v) is 5.53. The normalized spacial score (nSPS) is 18.9. The Morgan fingerprint density at radius 1 is 1.06 bits per heavy atom. The standard InChI is InChI=1S/C14H18N2/c1-15(2)13-9-7-12(8-10-13)14-6-4-5-11-16(14)3/h4-11,14H,1-3H3. The fourth-order valence-electron chi connectivity index (χ4n) is 1.90. The number of rotatable bonds is 2. The predicted octanol–water partition coefficient (Wildman–Crippen LogP) is 2.81. The number of likely N-dealkylation sites (N-methyl/N-ethyl adjacent to an activating group) is 1. The van der Waals surface area contributed by atoms with E-state index in [1.165, 1.54) is 11.3 Å². The molecule has 0 spiro atoms. The number of hydrogen-bond acceptors (Lipinski definition) is 2. The van der Waals surface area contributed by atoms with E-state index in [1.54, 1.807) is 0 Å². The Labute approximate surface area is 97.5 Å². The van der Waals surface area contributed by atoms with Gasteiger partial charge >= 0.3 is 0 Å². The van der Waals surface area contributed by atoms with Gasteiger partial charge in [-0.3, -0.25) is 0 Å². The first-order valence-electron chi connectivity index (χ1n) is 5.53. The maximum atomic E-state index is 2.21. The van der Waals surface area contributed by atoms with Gasteiger partial charge in [-0.2, -0.15) is 0 Å². The lowest BCUT2D eigenvalue weighted by atomic mass is 10.0. The Bertz CT molecular complexity index is 401. The van der Waals surface area contributed by atoms with E-state index in [2.05, 4.69) is 79.6 Å². The summed E-state index contributed by atoms with van der Waals surface area (Å²) in [6.45, 7) is 0. The third-order valence-corrected chi connectivity index (χ3v) is 2.92. The molecule has 2 rings (SSSR count). The van der Waals surface area contributed by atoms with E-state index in [4.69, 9.17) is 0 Å². The SMILES string of the molecule is CN(C)c1ccc(C2C=CC=CN2C)cc1. The fourth-order valence-corrected chi connectivity index (χ4v) is 1.90. The van der Waals surface area contributed by atoms with Crippen LogP contribution in [0.1, 0.15) is 11.6 Å². The highest BCUT2D eigenvalue weighted by molar-refractivity contribution is 5.47. The molecule has 2 nitrogen and oxygen atoms in total. The lowest BCUT2D eigenvalue weighted by molar-refractivity contribution is 0.390. The number of nitrogens with zero attached hydrogens (tertiary/aromatic N) is 2. The highest BCUT2D eigenvalue weighted by Crippen LogP contribution is 2.25. The van der Waals surface area contributed by atoms with E-state index in [-0.39, 0.29) is 0 Å². The lowest BCUT2D eigenvalue weighted by Gasteiger charge is -2.27. The van der Waals surface area contributed by atoms with Gasteiger partial charge in [-0.15, -0.1) is 0 Å². The van der Waals surface area contributed by atoms with Gasteiger partial charge in [0, 0.05) is 26.8 Å². The molecular weight excluding hydrogens is 196 g/mol. The summed E-state index contributed by atoms with van der Waals surface area (Å²) in [6.07, 6.45) is 8.48. The van der Waals surface area contributed by atoms with Crippen LogP contribution in [0.3, 0.4) is 0 Å².